The van der Waals surface area contributed by atoms with Crippen molar-refractivity contribution in [2.24, 2.45) is 5.10 Å². The van der Waals surface area contributed by atoms with Gasteiger partial charge in [-0.15, -0.1) is 0 Å². The zero-order chi connectivity index (χ0) is 19.6. The number of nitrogens with zero attached hydrogens (tertiary/aromatic N) is 1. The van der Waals surface area contributed by atoms with E-state index in [9.17, 15) is 0 Å². The van der Waals surface area contributed by atoms with Crippen molar-refractivity contribution < 1.29 is 14.4 Å². The van der Waals surface area contributed by atoms with Crippen LogP contribution in [0.15, 0.2) is 23.3 Å². The van der Waals surface area contributed by atoms with E-state index in [2.05, 4.69) is 35.8 Å². The smallest absolute Gasteiger partial charge is 0.187 e. The van der Waals surface area contributed by atoms with Gasteiger partial charge in [-0.3, -0.25) is 5.43 Å². The summed E-state index contributed by atoms with van der Waals surface area (Å²) in [6.45, 7) is 11.1. The van der Waals surface area contributed by atoms with Crippen LogP contribution in [0.4, 0.5) is 0 Å². The van der Waals surface area contributed by atoms with Gasteiger partial charge in [-0.25, -0.2) is 0 Å². The van der Waals surface area contributed by atoms with Gasteiger partial charge in [0, 0.05) is 18.7 Å². The fourth-order valence-corrected chi connectivity index (χ4v) is 3.29. The third-order valence-corrected chi connectivity index (χ3v) is 5.21. The summed E-state index contributed by atoms with van der Waals surface area (Å²) in [5.41, 5.74) is 6.07. The standard InChI is InChI=1S/C20H32N4O2S/c1-5-24(6-2)14-17-12-16(9-10-19(17)25-4)15(3)22-23-20(27)21-13-18-8-7-11-26-18/h9-10,12,18H,5-8,11,13-14H2,1-4H3,(H2,21,23,27)/p+1/b22-15-/t18-/m0/s1. The molecule has 0 unspecified atom stereocenters. The van der Waals surface area contributed by atoms with E-state index >= 15 is 0 Å². The molecule has 27 heavy (non-hydrogen) atoms. The summed E-state index contributed by atoms with van der Waals surface area (Å²) < 4.78 is 11.1. The van der Waals surface area contributed by atoms with E-state index in [0.29, 0.717) is 5.11 Å². The molecule has 1 aromatic rings. The maximum Gasteiger partial charge on any atom is 0.187 e. The van der Waals surface area contributed by atoms with Crippen molar-refractivity contribution in [2.75, 3.05) is 33.4 Å². The minimum absolute atomic E-state index is 0.251. The Labute approximate surface area is 168 Å². The monoisotopic (exact) mass is 393 g/mol. The van der Waals surface area contributed by atoms with Crippen LogP contribution in [0, 0.1) is 0 Å². The SMILES string of the molecule is CC[NH+](CC)Cc1cc(/C(C)=N\NC(=S)NC[C@@H]2CCCO2)ccc1OC. The highest BCUT2D eigenvalue weighted by atomic mass is 32.1. The van der Waals surface area contributed by atoms with Crippen molar-refractivity contribution in [1.29, 1.82) is 0 Å². The lowest BCUT2D eigenvalue weighted by molar-refractivity contribution is -0.910. The van der Waals surface area contributed by atoms with Crippen molar-refractivity contribution in [3.05, 3.63) is 29.3 Å². The molecular weight excluding hydrogens is 360 g/mol. The molecule has 0 spiro atoms. The second-order valence-corrected chi connectivity index (χ2v) is 7.22. The van der Waals surface area contributed by atoms with Crippen LogP contribution in [-0.2, 0) is 11.3 Å². The average Bonchev–Trinajstić information content (AvgIpc) is 3.22. The molecular formula is C20H33N4O2S+. The summed E-state index contributed by atoms with van der Waals surface area (Å²) in [5, 5.41) is 8.12. The van der Waals surface area contributed by atoms with Gasteiger partial charge in [-0.05, 0) is 69.6 Å². The Bertz CT molecular complexity index is 641. The Morgan fingerprint density at radius 2 is 2.15 bits per heavy atom. The number of hydrazone groups is 1. The van der Waals surface area contributed by atoms with Crippen LogP contribution in [-0.4, -0.2) is 50.3 Å². The topological polar surface area (TPSA) is 59.3 Å². The Kier molecular flexibility index (Phi) is 8.97. The first-order valence-corrected chi connectivity index (χ1v) is 10.2. The van der Waals surface area contributed by atoms with E-state index in [4.69, 9.17) is 21.7 Å². The minimum Gasteiger partial charge on any atom is -0.496 e. The van der Waals surface area contributed by atoms with Gasteiger partial charge >= 0.3 is 0 Å². The number of thiocarbonyl (C=S) groups is 1. The normalized spacial score (nSPS) is 17.2. The zero-order valence-corrected chi connectivity index (χ0v) is 17.7. The maximum absolute atomic E-state index is 5.58. The third kappa shape index (κ3) is 6.75. The highest BCUT2D eigenvalue weighted by molar-refractivity contribution is 7.80. The summed E-state index contributed by atoms with van der Waals surface area (Å²) in [5.74, 6) is 0.924. The molecule has 2 rings (SSSR count). The molecule has 1 fully saturated rings. The number of benzene rings is 1. The molecule has 1 saturated heterocycles. The van der Waals surface area contributed by atoms with E-state index in [1.165, 1.54) is 10.5 Å². The number of methoxy groups -OCH3 is 1. The quantitative estimate of drug-likeness (QED) is 0.337. The highest BCUT2D eigenvalue weighted by Crippen LogP contribution is 2.19. The predicted molar refractivity (Wildman–Crippen MR) is 114 cm³/mol. The van der Waals surface area contributed by atoms with Crippen molar-refractivity contribution in [2.45, 2.75) is 46.3 Å². The van der Waals surface area contributed by atoms with E-state index < -0.39 is 0 Å². The van der Waals surface area contributed by atoms with E-state index in [0.717, 1.165) is 62.7 Å². The third-order valence-electron chi connectivity index (χ3n) is 4.98. The molecule has 3 N–H and O–H groups in total. The average molecular weight is 394 g/mol. The van der Waals surface area contributed by atoms with Crippen molar-refractivity contribution in [3.8, 4) is 5.75 Å². The first-order valence-electron chi connectivity index (χ1n) is 9.77. The van der Waals surface area contributed by atoms with E-state index in [-0.39, 0.29) is 6.10 Å². The predicted octanol–water partition coefficient (Wildman–Crippen LogP) is 1.49. The van der Waals surface area contributed by atoms with Crippen LogP contribution in [0.3, 0.4) is 0 Å². The van der Waals surface area contributed by atoms with Crippen LogP contribution in [0.25, 0.3) is 0 Å². The fourth-order valence-electron chi connectivity index (χ4n) is 3.16. The Hall–Kier alpha value is -1.70. The summed E-state index contributed by atoms with van der Waals surface area (Å²) >= 11 is 5.30. The summed E-state index contributed by atoms with van der Waals surface area (Å²) in [4.78, 5) is 1.51. The van der Waals surface area contributed by atoms with Gasteiger partial charge in [0.05, 0.1) is 32.0 Å². The number of rotatable bonds is 9. The molecule has 0 aliphatic carbocycles. The second-order valence-electron chi connectivity index (χ2n) is 6.81. The van der Waals surface area contributed by atoms with Crippen molar-refractivity contribution in [3.63, 3.8) is 0 Å². The van der Waals surface area contributed by atoms with Crippen LogP contribution < -0.4 is 20.4 Å². The molecule has 7 heteroatoms. The molecule has 0 radical (unpaired) electrons. The number of ether oxygens (including phenoxy) is 2. The number of nitrogens with one attached hydrogen (secondary N) is 3. The molecule has 1 heterocycles. The maximum atomic E-state index is 5.58. The first-order chi connectivity index (χ1) is 13.1. The molecule has 1 atom stereocenters. The molecule has 0 aromatic heterocycles. The molecule has 1 aromatic carbocycles. The van der Waals surface area contributed by atoms with Crippen LogP contribution in [0.5, 0.6) is 5.75 Å². The van der Waals surface area contributed by atoms with Crippen molar-refractivity contribution >= 4 is 23.0 Å². The second kappa shape index (κ2) is 11.2. The van der Waals surface area contributed by atoms with Crippen LogP contribution >= 0.6 is 12.2 Å². The lowest BCUT2D eigenvalue weighted by Crippen LogP contribution is -3.10. The molecule has 1 aliphatic rings. The fraction of sp³-hybridized carbons (Fsp3) is 0.600. The molecule has 0 bridgehead atoms. The number of hydrogen-bond acceptors (Lipinski definition) is 4. The van der Waals surface area contributed by atoms with Gasteiger partial charge in [-0.1, -0.05) is 0 Å². The largest absolute Gasteiger partial charge is 0.496 e. The highest BCUT2D eigenvalue weighted by Gasteiger charge is 2.15. The number of quaternary nitrogens is 1. The molecule has 0 saturated carbocycles. The molecule has 6 nitrogen and oxygen atoms in total. The van der Waals surface area contributed by atoms with E-state index in [1.807, 2.05) is 19.1 Å². The first kappa shape index (κ1) is 21.6. The minimum atomic E-state index is 0.251. The van der Waals surface area contributed by atoms with Gasteiger partial charge < -0.3 is 19.7 Å². The van der Waals surface area contributed by atoms with Gasteiger partial charge in [0.1, 0.15) is 12.3 Å². The summed E-state index contributed by atoms with van der Waals surface area (Å²) in [7, 11) is 1.72. The zero-order valence-electron chi connectivity index (χ0n) is 16.9. The van der Waals surface area contributed by atoms with Crippen molar-refractivity contribution in [1.82, 2.24) is 10.7 Å². The lowest BCUT2D eigenvalue weighted by atomic mass is 10.1. The Morgan fingerprint density at radius 1 is 1.37 bits per heavy atom. The summed E-state index contributed by atoms with van der Waals surface area (Å²) in [6.07, 6.45) is 2.46. The molecule has 0 amide bonds. The van der Waals surface area contributed by atoms with Crippen LogP contribution in [0.1, 0.15) is 44.7 Å². The summed E-state index contributed by atoms with van der Waals surface area (Å²) in [6, 6.07) is 6.21. The Balaban J connectivity index is 1.98. The van der Waals surface area contributed by atoms with Gasteiger partial charge in [0.2, 0.25) is 0 Å². The van der Waals surface area contributed by atoms with Gasteiger partial charge in [-0.2, -0.15) is 5.10 Å². The molecule has 1 aliphatic heterocycles. The lowest BCUT2D eigenvalue weighted by Gasteiger charge is -2.18. The number of hydrogen-bond donors (Lipinski definition) is 3. The molecule has 150 valence electrons. The van der Waals surface area contributed by atoms with Gasteiger partial charge in [0.15, 0.2) is 5.11 Å². The van der Waals surface area contributed by atoms with Crippen LogP contribution in [0.2, 0.25) is 0 Å². The Morgan fingerprint density at radius 3 is 2.78 bits per heavy atom. The van der Waals surface area contributed by atoms with E-state index in [1.54, 1.807) is 7.11 Å². The van der Waals surface area contributed by atoms with Gasteiger partial charge in [0.25, 0.3) is 0 Å².